The summed E-state index contributed by atoms with van der Waals surface area (Å²) < 4.78 is 1.60. The fourth-order valence-electron chi connectivity index (χ4n) is 3.99. The molecule has 2 aromatic carbocycles. The van der Waals surface area contributed by atoms with Gasteiger partial charge in [0.25, 0.3) is 5.69 Å². The van der Waals surface area contributed by atoms with Crippen molar-refractivity contribution in [3.8, 4) is 5.69 Å². The van der Waals surface area contributed by atoms with E-state index in [2.05, 4.69) is 10.00 Å². The second kappa shape index (κ2) is 9.87. The van der Waals surface area contributed by atoms with Crippen LogP contribution in [0.25, 0.3) is 11.8 Å². The fourth-order valence-corrected chi connectivity index (χ4v) is 4.47. The summed E-state index contributed by atoms with van der Waals surface area (Å²) in [5.41, 5.74) is 3.60. The van der Waals surface area contributed by atoms with Gasteiger partial charge in [0.15, 0.2) is 0 Å². The van der Waals surface area contributed by atoms with E-state index in [0.29, 0.717) is 41.9 Å². The van der Waals surface area contributed by atoms with E-state index in [1.54, 1.807) is 46.0 Å². The quantitative estimate of drug-likeness (QED) is 0.278. The molecule has 176 valence electrons. The lowest BCUT2D eigenvalue weighted by atomic mass is 10.2. The molecule has 0 atom stereocenters. The van der Waals surface area contributed by atoms with Gasteiger partial charge in [-0.25, -0.2) is 4.68 Å². The lowest BCUT2D eigenvalue weighted by Crippen LogP contribution is -2.48. The van der Waals surface area contributed by atoms with Crippen LogP contribution < -0.4 is 4.90 Å². The largest absolute Gasteiger partial charge is 0.368 e. The van der Waals surface area contributed by atoms with Gasteiger partial charge in [-0.3, -0.25) is 14.9 Å². The first-order valence-electron chi connectivity index (χ1n) is 10.7. The third-order valence-corrected chi connectivity index (χ3v) is 6.28. The number of nitro groups is 1. The van der Waals surface area contributed by atoms with Crippen LogP contribution in [-0.2, 0) is 4.79 Å². The highest BCUT2D eigenvalue weighted by Crippen LogP contribution is 2.30. The molecule has 0 bridgehead atoms. The van der Waals surface area contributed by atoms with Crippen molar-refractivity contribution in [2.75, 3.05) is 31.1 Å². The Balaban J connectivity index is 1.47. The Morgan fingerprint density at radius 1 is 1.06 bits per heavy atom. The number of aryl methyl sites for hydroxylation is 2. The molecule has 0 unspecified atom stereocenters. The highest BCUT2D eigenvalue weighted by atomic mass is 35.5. The number of amides is 1. The van der Waals surface area contributed by atoms with Crippen molar-refractivity contribution >= 4 is 46.6 Å². The number of piperazine rings is 1. The number of benzene rings is 2. The summed E-state index contributed by atoms with van der Waals surface area (Å²) >= 11 is 12.1. The summed E-state index contributed by atoms with van der Waals surface area (Å²) in [6.45, 7) is 6.00. The van der Waals surface area contributed by atoms with Crippen LogP contribution in [0.1, 0.15) is 17.0 Å². The molecule has 1 aliphatic heterocycles. The Morgan fingerprint density at radius 2 is 1.79 bits per heavy atom. The highest BCUT2D eigenvalue weighted by molar-refractivity contribution is 6.35. The first kappa shape index (κ1) is 23.8. The predicted octanol–water partition coefficient (Wildman–Crippen LogP) is 5.07. The molecule has 1 aromatic heterocycles. The average Bonchev–Trinajstić information content (AvgIpc) is 3.15. The van der Waals surface area contributed by atoms with Crippen LogP contribution in [0.4, 0.5) is 11.4 Å². The van der Waals surface area contributed by atoms with Gasteiger partial charge in [0, 0.05) is 59.7 Å². The van der Waals surface area contributed by atoms with E-state index >= 15 is 0 Å². The van der Waals surface area contributed by atoms with Crippen molar-refractivity contribution in [2.24, 2.45) is 0 Å². The van der Waals surface area contributed by atoms with Gasteiger partial charge in [-0.2, -0.15) is 5.10 Å². The normalized spacial score (nSPS) is 14.1. The van der Waals surface area contributed by atoms with Crippen LogP contribution in [-0.4, -0.2) is 51.7 Å². The number of nitrogens with zero attached hydrogens (tertiary/aromatic N) is 5. The smallest absolute Gasteiger partial charge is 0.295 e. The first-order valence-corrected chi connectivity index (χ1v) is 11.5. The maximum absolute atomic E-state index is 12.7. The van der Waals surface area contributed by atoms with E-state index in [-0.39, 0.29) is 11.6 Å². The van der Waals surface area contributed by atoms with Gasteiger partial charge in [-0.1, -0.05) is 29.3 Å². The Bertz CT molecular complexity index is 1280. The molecule has 10 heteroatoms. The predicted molar refractivity (Wildman–Crippen MR) is 134 cm³/mol. The van der Waals surface area contributed by atoms with Crippen molar-refractivity contribution < 1.29 is 9.72 Å². The molecule has 3 aromatic rings. The number of hydrogen-bond donors (Lipinski definition) is 0. The van der Waals surface area contributed by atoms with Gasteiger partial charge in [0.2, 0.25) is 5.91 Å². The zero-order valence-electron chi connectivity index (χ0n) is 18.7. The molecule has 1 fully saturated rings. The molecule has 0 saturated carbocycles. The van der Waals surface area contributed by atoms with E-state index in [4.69, 9.17) is 23.2 Å². The van der Waals surface area contributed by atoms with E-state index < -0.39 is 4.92 Å². The lowest BCUT2D eigenvalue weighted by molar-refractivity contribution is -0.384. The summed E-state index contributed by atoms with van der Waals surface area (Å²) in [5.74, 6) is -0.0994. The maximum atomic E-state index is 12.7. The van der Waals surface area contributed by atoms with Crippen molar-refractivity contribution in [1.29, 1.82) is 0 Å². The molecule has 34 heavy (non-hydrogen) atoms. The number of carbonyl (C=O) groups excluding carboxylic acids is 1. The van der Waals surface area contributed by atoms with Crippen molar-refractivity contribution in [1.82, 2.24) is 14.7 Å². The highest BCUT2D eigenvalue weighted by Gasteiger charge is 2.23. The zero-order valence-corrected chi connectivity index (χ0v) is 20.3. The average molecular weight is 500 g/mol. The minimum absolute atomic E-state index is 0.00485. The molecular formula is C24H23Cl2N5O3. The number of carbonyl (C=O) groups is 1. The first-order chi connectivity index (χ1) is 16.2. The number of hydrogen-bond acceptors (Lipinski definition) is 5. The third kappa shape index (κ3) is 5.08. The summed E-state index contributed by atoms with van der Waals surface area (Å²) in [6, 6.07) is 12.0. The SMILES string of the molecule is Cc1cc(C)n(-c2cc(N3CCN(C(=O)/C=C/c4ccc(Cl)cc4Cl)CC3)ccc2[N+](=O)[O-])n1. The van der Waals surface area contributed by atoms with Gasteiger partial charge < -0.3 is 9.80 Å². The Kier molecular flexibility index (Phi) is 6.90. The molecule has 0 N–H and O–H groups in total. The number of anilines is 1. The molecule has 2 heterocycles. The molecule has 4 rings (SSSR count). The van der Waals surface area contributed by atoms with Crippen LogP contribution in [0.3, 0.4) is 0 Å². The van der Waals surface area contributed by atoms with E-state index in [9.17, 15) is 14.9 Å². The molecule has 0 radical (unpaired) electrons. The number of nitro benzene ring substituents is 1. The lowest BCUT2D eigenvalue weighted by Gasteiger charge is -2.35. The monoisotopic (exact) mass is 499 g/mol. The topological polar surface area (TPSA) is 84.5 Å². The van der Waals surface area contributed by atoms with Gasteiger partial charge in [-0.05, 0) is 55.8 Å². The van der Waals surface area contributed by atoms with E-state index in [0.717, 1.165) is 22.6 Å². The van der Waals surface area contributed by atoms with Gasteiger partial charge in [0.05, 0.1) is 10.6 Å². The minimum atomic E-state index is -0.397. The number of rotatable bonds is 5. The molecule has 0 spiro atoms. The second-order valence-corrected chi connectivity index (χ2v) is 8.92. The maximum Gasteiger partial charge on any atom is 0.295 e. The van der Waals surface area contributed by atoms with Crippen LogP contribution in [0.2, 0.25) is 10.0 Å². The van der Waals surface area contributed by atoms with Crippen LogP contribution in [0.15, 0.2) is 48.5 Å². The second-order valence-electron chi connectivity index (χ2n) is 8.08. The number of aromatic nitrogens is 2. The van der Waals surface area contributed by atoms with E-state index in [1.165, 1.54) is 12.1 Å². The van der Waals surface area contributed by atoms with Crippen LogP contribution in [0, 0.1) is 24.0 Å². The van der Waals surface area contributed by atoms with E-state index in [1.807, 2.05) is 19.9 Å². The molecular weight excluding hydrogens is 477 g/mol. The van der Waals surface area contributed by atoms with Crippen molar-refractivity contribution in [3.63, 3.8) is 0 Å². The molecule has 0 aliphatic carbocycles. The summed E-state index contributed by atoms with van der Waals surface area (Å²) in [4.78, 5) is 27.7. The summed E-state index contributed by atoms with van der Waals surface area (Å²) in [7, 11) is 0. The number of halogens is 2. The fraction of sp³-hybridized carbons (Fsp3) is 0.250. The van der Waals surface area contributed by atoms with Gasteiger partial charge >= 0.3 is 0 Å². The molecule has 8 nitrogen and oxygen atoms in total. The zero-order chi connectivity index (χ0) is 24.4. The standard InChI is InChI=1S/C24H23Cl2N5O3/c1-16-13-17(2)30(27-16)23-15-20(6-7-22(23)31(33)34)28-9-11-29(12-10-28)24(32)8-4-18-3-5-19(25)14-21(18)26/h3-8,13-15H,9-12H2,1-2H3/b8-4+. The van der Waals surface area contributed by atoms with Gasteiger partial charge in [0.1, 0.15) is 5.69 Å². The van der Waals surface area contributed by atoms with Crippen LogP contribution in [0.5, 0.6) is 0 Å². The Hall–Kier alpha value is -3.36. The molecule has 1 saturated heterocycles. The Morgan fingerprint density at radius 3 is 2.41 bits per heavy atom. The minimum Gasteiger partial charge on any atom is -0.368 e. The van der Waals surface area contributed by atoms with Crippen LogP contribution >= 0.6 is 23.2 Å². The van der Waals surface area contributed by atoms with Crippen molar-refractivity contribution in [3.05, 3.63) is 85.7 Å². The summed E-state index contributed by atoms with van der Waals surface area (Å²) in [6.07, 6.45) is 3.20. The third-order valence-electron chi connectivity index (χ3n) is 5.72. The van der Waals surface area contributed by atoms with Gasteiger partial charge in [-0.15, -0.1) is 0 Å². The summed E-state index contributed by atoms with van der Waals surface area (Å²) in [5, 5.41) is 17.0. The van der Waals surface area contributed by atoms with Crippen molar-refractivity contribution in [2.45, 2.75) is 13.8 Å². The molecule has 1 amide bonds. The molecule has 1 aliphatic rings. The Labute approximate surface area is 207 Å².